The molecule has 1 N–H and O–H groups in total. The van der Waals surface area contributed by atoms with Gasteiger partial charge in [0, 0.05) is 5.64 Å². The molecule has 0 aliphatic rings. The number of benzene rings is 1. The van der Waals surface area contributed by atoms with Gasteiger partial charge in [-0.2, -0.15) is 0 Å². The van der Waals surface area contributed by atoms with Crippen molar-refractivity contribution >= 4 is 0 Å². The van der Waals surface area contributed by atoms with E-state index in [0.717, 1.165) is 0 Å². The lowest BCUT2D eigenvalue weighted by atomic mass is 10.2. The van der Waals surface area contributed by atoms with E-state index in [1.807, 2.05) is 31.2 Å². The highest BCUT2D eigenvalue weighted by molar-refractivity contribution is 5.25. The van der Waals surface area contributed by atoms with Crippen LogP contribution in [0.2, 0.25) is 0 Å². The first kappa shape index (κ1) is 8.62. The molecule has 0 fully saturated rings. The van der Waals surface area contributed by atoms with Crippen LogP contribution in [-0.4, -0.2) is 0 Å². The molecule has 1 aromatic rings. The quantitative estimate of drug-likeness (QED) is 0.420. The molecule has 0 radical (unpaired) electrons. The van der Waals surface area contributed by atoms with Crippen molar-refractivity contribution in [1.29, 1.82) is 0 Å². The van der Waals surface area contributed by atoms with E-state index >= 15 is 0 Å². The highest BCUT2D eigenvalue weighted by Gasteiger charge is 1.90. The molecule has 0 aliphatic carbocycles. The van der Waals surface area contributed by atoms with Gasteiger partial charge in [-0.1, -0.05) is 24.3 Å². The lowest BCUT2D eigenvalue weighted by molar-refractivity contribution is -0.0550. The monoisotopic (exact) mass is 165 g/mol. The summed E-state index contributed by atoms with van der Waals surface area (Å²) >= 11 is 0. The second kappa shape index (κ2) is 4.41. The second-order valence-electron chi connectivity index (χ2n) is 2.28. The molecule has 0 unspecified atom stereocenters. The molecule has 0 saturated heterocycles. The molecule has 3 heteroatoms. The van der Waals surface area contributed by atoms with Crippen molar-refractivity contribution < 1.29 is 9.68 Å². The van der Waals surface area contributed by atoms with Crippen LogP contribution in [-0.2, 0) is 4.84 Å². The third-order valence-electron chi connectivity index (χ3n) is 1.31. The fourth-order valence-corrected chi connectivity index (χ4v) is 0.713. The molecular formula is C9H11NO2. The topological polar surface area (TPSA) is 30.5 Å². The van der Waals surface area contributed by atoms with Crippen LogP contribution < -0.4 is 10.5 Å². The Hall–Kier alpha value is -1.48. The Kier molecular flexibility index (Phi) is 3.17. The molecule has 64 valence electrons. The summed E-state index contributed by atoms with van der Waals surface area (Å²) in [5, 5.41) is 0. The van der Waals surface area contributed by atoms with E-state index in [0.29, 0.717) is 5.75 Å². The van der Waals surface area contributed by atoms with E-state index in [-0.39, 0.29) is 0 Å². The van der Waals surface area contributed by atoms with Crippen molar-refractivity contribution in [3.63, 3.8) is 0 Å². The van der Waals surface area contributed by atoms with Crippen LogP contribution in [0.5, 0.6) is 5.75 Å². The molecule has 0 atom stereocenters. The number of hydrogen-bond donors (Lipinski definition) is 1. The standard InChI is InChI=1S/C9H11NO2/c1-3-11-10-12-9-6-4-8(2)5-7-9/h3-7,10H,1H2,2H3. The zero-order chi connectivity index (χ0) is 8.81. The van der Waals surface area contributed by atoms with Gasteiger partial charge in [-0.05, 0) is 19.1 Å². The molecule has 12 heavy (non-hydrogen) atoms. The van der Waals surface area contributed by atoms with Gasteiger partial charge in [0.1, 0.15) is 6.26 Å². The summed E-state index contributed by atoms with van der Waals surface area (Å²) in [4.78, 5) is 9.52. The number of aryl methyl sites for hydroxylation is 1. The van der Waals surface area contributed by atoms with Gasteiger partial charge in [0.25, 0.3) is 0 Å². The maximum atomic E-state index is 4.96. The Morgan fingerprint density at radius 1 is 1.33 bits per heavy atom. The Balaban J connectivity index is 2.42. The second-order valence-corrected chi connectivity index (χ2v) is 2.28. The van der Waals surface area contributed by atoms with E-state index < -0.39 is 0 Å². The Morgan fingerprint density at radius 3 is 2.58 bits per heavy atom. The van der Waals surface area contributed by atoms with Gasteiger partial charge in [-0.15, -0.1) is 0 Å². The minimum absolute atomic E-state index is 0.697. The number of nitrogens with one attached hydrogen (secondary N) is 1. The molecule has 3 nitrogen and oxygen atoms in total. The molecule has 0 amide bonds. The first-order chi connectivity index (χ1) is 5.83. The molecule has 1 aromatic carbocycles. The molecular weight excluding hydrogens is 154 g/mol. The van der Waals surface area contributed by atoms with Crippen LogP contribution in [0.1, 0.15) is 5.56 Å². The molecule has 0 aliphatic heterocycles. The van der Waals surface area contributed by atoms with Gasteiger partial charge in [-0.3, -0.25) is 0 Å². The Morgan fingerprint density at radius 2 is 2.00 bits per heavy atom. The van der Waals surface area contributed by atoms with Gasteiger partial charge in [-0.25, -0.2) is 0 Å². The number of rotatable bonds is 4. The maximum absolute atomic E-state index is 4.96. The van der Waals surface area contributed by atoms with Gasteiger partial charge in [0.2, 0.25) is 0 Å². The van der Waals surface area contributed by atoms with Crippen LogP contribution in [0.3, 0.4) is 0 Å². The molecule has 0 spiro atoms. The van der Waals surface area contributed by atoms with Gasteiger partial charge >= 0.3 is 0 Å². The molecule has 0 aromatic heterocycles. The van der Waals surface area contributed by atoms with Crippen molar-refractivity contribution in [2.75, 3.05) is 0 Å². The highest BCUT2D eigenvalue weighted by atomic mass is 16.9. The maximum Gasteiger partial charge on any atom is 0.151 e. The van der Waals surface area contributed by atoms with Gasteiger partial charge in [0.05, 0.1) is 0 Å². The summed E-state index contributed by atoms with van der Waals surface area (Å²) in [6.07, 6.45) is 1.24. The Bertz CT molecular complexity index is 243. The van der Waals surface area contributed by atoms with Crippen LogP contribution in [0.25, 0.3) is 0 Å². The highest BCUT2D eigenvalue weighted by Crippen LogP contribution is 2.09. The zero-order valence-corrected chi connectivity index (χ0v) is 6.91. The van der Waals surface area contributed by atoms with Crippen LogP contribution in [0, 0.1) is 6.92 Å². The summed E-state index contributed by atoms with van der Waals surface area (Å²) in [6, 6.07) is 7.58. The van der Waals surface area contributed by atoms with Crippen LogP contribution in [0.4, 0.5) is 0 Å². The van der Waals surface area contributed by atoms with Gasteiger partial charge in [0.15, 0.2) is 5.75 Å². The van der Waals surface area contributed by atoms with Crippen molar-refractivity contribution in [2.24, 2.45) is 0 Å². The van der Waals surface area contributed by atoms with Crippen molar-refractivity contribution in [1.82, 2.24) is 5.64 Å². The predicted octanol–water partition coefficient (Wildman–Crippen LogP) is 1.95. The lowest BCUT2D eigenvalue weighted by Crippen LogP contribution is -2.15. The molecule has 0 bridgehead atoms. The van der Waals surface area contributed by atoms with E-state index in [4.69, 9.17) is 4.84 Å². The van der Waals surface area contributed by atoms with Crippen molar-refractivity contribution in [3.05, 3.63) is 42.7 Å². The molecule has 0 heterocycles. The fraction of sp³-hybridized carbons (Fsp3) is 0.111. The number of hydrogen-bond acceptors (Lipinski definition) is 3. The Labute approximate surface area is 71.5 Å². The third kappa shape index (κ3) is 2.64. The minimum Gasteiger partial charge on any atom is -0.382 e. The predicted molar refractivity (Wildman–Crippen MR) is 46.2 cm³/mol. The van der Waals surface area contributed by atoms with E-state index in [9.17, 15) is 0 Å². The normalized spacial score (nSPS) is 9.08. The van der Waals surface area contributed by atoms with E-state index in [1.165, 1.54) is 11.8 Å². The SMILES string of the molecule is C=CONOc1ccc(C)cc1. The summed E-state index contributed by atoms with van der Waals surface area (Å²) < 4.78 is 0. The smallest absolute Gasteiger partial charge is 0.151 e. The average Bonchev–Trinajstić information content (AvgIpc) is 2.09. The van der Waals surface area contributed by atoms with Crippen molar-refractivity contribution in [3.8, 4) is 5.75 Å². The summed E-state index contributed by atoms with van der Waals surface area (Å²) in [5.41, 5.74) is 3.44. The average molecular weight is 165 g/mol. The van der Waals surface area contributed by atoms with E-state index in [1.54, 1.807) is 0 Å². The summed E-state index contributed by atoms with van der Waals surface area (Å²) in [5.74, 6) is 0.697. The van der Waals surface area contributed by atoms with E-state index in [2.05, 4.69) is 17.1 Å². The largest absolute Gasteiger partial charge is 0.382 e. The van der Waals surface area contributed by atoms with Gasteiger partial charge < -0.3 is 9.68 Å². The van der Waals surface area contributed by atoms with Crippen molar-refractivity contribution in [2.45, 2.75) is 6.92 Å². The molecule has 1 rings (SSSR count). The minimum atomic E-state index is 0.697. The lowest BCUT2D eigenvalue weighted by Gasteiger charge is -2.04. The summed E-state index contributed by atoms with van der Waals surface area (Å²) in [7, 11) is 0. The van der Waals surface area contributed by atoms with Crippen LogP contribution in [0.15, 0.2) is 37.1 Å². The fourth-order valence-electron chi connectivity index (χ4n) is 0.713. The third-order valence-corrected chi connectivity index (χ3v) is 1.31. The zero-order valence-electron chi connectivity index (χ0n) is 6.91. The first-order valence-corrected chi connectivity index (χ1v) is 3.58. The van der Waals surface area contributed by atoms with Crippen LogP contribution >= 0.6 is 0 Å². The molecule has 0 saturated carbocycles. The summed E-state index contributed by atoms with van der Waals surface area (Å²) in [6.45, 7) is 5.35. The first-order valence-electron chi connectivity index (χ1n) is 3.58.